The number of benzene rings is 1. The normalized spacial score (nSPS) is 13.2. The number of H-pyrrole nitrogens is 1. The lowest BCUT2D eigenvalue weighted by Gasteiger charge is -2.05. The molecule has 3 N–H and O–H groups in total. The van der Waals surface area contributed by atoms with Gasteiger partial charge in [0.15, 0.2) is 5.78 Å². The third-order valence-electron chi connectivity index (χ3n) is 4.46. The van der Waals surface area contributed by atoms with E-state index in [1.54, 1.807) is 0 Å². The number of nitrogens with zero attached hydrogens (tertiary/aromatic N) is 4. The van der Waals surface area contributed by atoms with Crippen LogP contribution in [0, 0.1) is 6.92 Å². The molecule has 1 aliphatic rings. The van der Waals surface area contributed by atoms with Gasteiger partial charge in [0.25, 0.3) is 0 Å². The van der Waals surface area contributed by atoms with Crippen molar-refractivity contribution in [1.82, 2.24) is 25.1 Å². The molecule has 128 valence electrons. The van der Waals surface area contributed by atoms with Crippen molar-refractivity contribution in [2.45, 2.75) is 31.3 Å². The number of rotatable bonds is 5. The summed E-state index contributed by atoms with van der Waals surface area (Å²) < 4.78 is 1.42. The molecule has 7 nitrogen and oxygen atoms in total. The summed E-state index contributed by atoms with van der Waals surface area (Å²) in [6.07, 6.45) is 3.10. The second-order valence-electron chi connectivity index (χ2n) is 6.09. The zero-order valence-electron chi connectivity index (χ0n) is 13.8. The molecule has 0 bridgehead atoms. The quantitative estimate of drug-likeness (QED) is 0.413. The number of carbonyl (C=O) groups is 1. The summed E-state index contributed by atoms with van der Waals surface area (Å²) in [6, 6.07) is 7.56. The largest absolute Gasteiger partial charge is 0.335 e. The van der Waals surface area contributed by atoms with Crippen molar-refractivity contribution in [3.8, 4) is 11.5 Å². The van der Waals surface area contributed by atoms with Crippen LogP contribution < -0.4 is 5.84 Å². The van der Waals surface area contributed by atoms with Crippen molar-refractivity contribution in [2.75, 3.05) is 11.6 Å². The number of carbonyl (C=O) groups excluding carboxylic acids is 1. The van der Waals surface area contributed by atoms with Crippen LogP contribution in [0.3, 0.4) is 0 Å². The van der Waals surface area contributed by atoms with Gasteiger partial charge in [0.2, 0.25) is 11.0 Å². The Kier molecular flexibility index (Phi) is 4.04. The molecule has 0 aliphatic heterocycles. The highest BCUT2D eigenvalue weighted by Crippen LogP contribution is 2.30. The number of nitrogens with two attached hydrogens (primary N) is 1. The summed E-state index contributed by atoms with van der Waals surface area (Å²) in [5.41, 5.74) is 4.78. The first kappa shape index (κ1) is 15.9. The van der Waals surface area contributed by atoms with Gasteiger partial charge >= 0.3 is 0 Å². The zero-order chi connectivity index (χ0) is 17.4. The van der Waals surface area contributed by atoms with Gasteiger partial charge in [-0.2, -0.15) is 5.10 Å². The van der Waals surface area contributed by atoms with Gasteiger partial charge in [0, 0.05) is 16.8 Å². The molecule has 0 amide bonds. The minimum absolute atomic E-state index is 0.0494. The number of hydrogen-bond acceptors (Lipinski definition) is 6. The van der Waals surface area contributed by atoms with E-state index in [1.807, 2.05) is 31.2 Å². The van der Waals surface area contributed by atoms with Crippen LogP contribution in [0.15, 0.2) is 29.4 Å². The van der Waals surface area contributed by atoms with E-state index >= 15 is 0 Å². The molecule has 0 fully saturated rings. The van der Waals surface area contributed by atoms with Crippen LogP contribution in [0.1, 0.15) is 33.6 Å². The van der Waals surface area contributed by atoms with E-state index in [2.05, 4.69) is 20.4 Å². The van der Waals surface area contributed by atoms with Gasteiger partial charge < -0.3 is 5.84 Å². The minimum atomic E-state index is 0.0494. The van der Waals surface area contributed by atoms with Crippen LogP contribution >= 0.6 is 11.8 Å². The van der Waals surface area contributed by atoms with Gasteiger partial charge in [0.05, 0.1) is 5.75 Å². The summed E-state index contributed by atoms with van der Waals surface area (Å²) in [5.74, 6) is 6.99. The average Bonchev–Trinajstić information content (AvgIpc) is 3.29. The maximum atomic E-state index is 12.4. The molecule has 1 aliphatic carbocycles. The molecule has 0 spiro atoms. The summed E-state index contributed by atoms with van der Waals surface area (Å²) in [5, 5.41) is 16.2. The van der Waals surface area contributed by atoms with E-state index in [1.165, 1.54) is 22.0 Å². The molecule has 0 radical (unpaired) electrons. The molecular weight excluding hydrogens is 336 g/mol. The van der Waals surface area contributed by atoms with Crippen LogP contribution in [0.25, 0.3) is 11.5 Å². The molecule has 0 atom stereocenters. The smallest absolute Gasteiger partial charge is 0.210 e. The fourth-order valence-electron chi connectivity index (χ4n) is 3.13. The fourth-order valence-corrected chi connectivity index (χ4v) is 3.87. The lowest BCUT2D eigenvalue weighted by atomic mass is 10.1. The molecular formula is C17H18N6OS. The number of aromatic amines is 1. The van der Waals surface area contributed by atoms with Crippen molar-refractivity contribution >= 4 is 17.5 Å². The Morgan fingerprint density at radius 1 is 1.32 bits per heavy atom. The third-order valence-corrected chi connectivity index (χ3v) is 5.40. The van der Waals surface area contributed by atoms with E-state index in [9.17, 15) is 4.79 Å². The van der Waals surface area contributed by atoms with Crippen LogP contribution in [-0.2, 0) is 12.8 Å². The van der Waals surface area contributed by atoms with Crippen LogP contribution in [-0.4, -0.2) is 36.6 Å². The predicted octanol–water partition coefficient (Wildman–Crippen LogP) is 2.15. The van der Waals surface area contributed by atoms with Gasteiger partial charge in [-0.1, -0.05) is 36.0 Å². The maximum Gasteiger partial charge on any atom is 0.210 e. The third kappa shape index (κ3) is 2.82. The highest BCUT2D eigenvalue weighted by molar-refractivity contribution is 7.99. The van der Waals surface area contributed by atoms with E-state index < -0.39 is 0 Å². The molecule has 1 aromatic carbocycles. The fraction of sp³-hybridized carbons (Fsp3) is 0.294. The van der Waals surface area contributed by atoms with Crippen LogP contribution in [0.4, 0.5) is 0 Å². The maximum absolute atomic E-state index is 12.4. The van der Waals surface area contributed by atoms with Gasteiger partial charge in [-0.25, -0.2) is 4.68 Å². The molecule has 0 saturated heterocycles. The van der Waals surface area contributed by atoms with Crippen molar-refractivity contribution in [3.05, 3.63) is 46.6 Å². The highest BCUT2D eigenvalue weighted by Gasteiger charge is 2.24. The van der Waals surface area contributed by atoms with E-state index in [4.69, 9.17) is 5.84 Å². The van der Waals surface area contributed by atoms with Gasteiger partial charge in [-0.3, -0.25) is 9.89 Å². The number of aryl methyl sites for hydroxylation is 2. The monoisotopic (exact) mass is 354 g/mol. The first-order valence-electron chi connectivity index (χ1n) is 8.13. The molecule has 0 saturated carbocycles. The van der Waals surface area contributed by atoms with Gasteiger partial charge in [0.1, 0.15) is 5.69 Å². The zero-order valence-corrected chi connectivity index (χ0v) is 14.6. The Labute approximate surface area is 149 Å². The standard InChI is InChI=1S/C17H18N6OS/c1-10-5-2-3-6-11(10)14(24)9-25-17-22-21-16(23(17)18)15-12-7-4-8-13(12)19-20-15/h2-3,5-6H,4,7-9,18H2,1H3,(H,19,20). The number of fused-ring (bicyclic) bond motifs is 1. The summed E-state index contributed by atoms with van der Waals surface area (Å²) in [6.45, 7) is 1.93. The number of Topliss-reactive ketones (excluding diaryl/α,β-unsaturated/α-hetero) is 1. The number of hydrogen-bond donors (Lipinski definition) is 2. The number of ketones is 1. The first-order chi connectivity index (χ1) is 12.1. The highest BCUT2D eigenvalue weighted by atomic mass is 32.2. The van der Waals surface area contributed by atoms with E-state index in [0.717, 1.165) is 41.8 Å². The molecule has 0 unspecified atom stereocenters. The number of thioether (sulfide) groups is 1. The molecule has 8 heteroatoms. The Morgan fingerprint density at radius 2 is 2.16 bits per heavy atom. The molecule has 4 rings (SSSR count). The summed E-state index contributed by atoms with van der Waals surface area (Å²) in [7, 11) is 0. The van der Waals surface area contributed by atoms with Crippen molar-refractivity contribution in [3.63, 3.8) is 0 Å². The molecule has 25 heavy (non-hydrogen) atoms. The van der Waals surface area contributed by atoms with Crippen molar-refractivity contribution < 1.29 is 4.79 Å². The Balaban J connectivity index is 1.52. The lowest BCUT2D eigenvalue weighted by Crippen LogP contribution is -2.13. The van der Waals surface area contributed by atoms with Crippen molar-refractivity contribution in [2.24, 2.45) is 0 Å². The van der Waals surface area contributed by atoms with Crippen LogP contribution in [0.5, 0.6) is 0 Å². The summed E-state index contributed by atoms with van der Waals surface area (Å²) in [4.78, 5) is 12.4. The van der Waals surface area contributed by atoms with E-state index in [0.29, 0.717) is 11.0 Å². The van der Waals surface area contributed by atoms with E-state index in [-0.39, 0.29) is 11.5 Å². The molecule has 3 aromatic rings. The number of aromatic nitrogens is 5. The topological polar surface area (TPSA) is 102 Å². The lowest BCUT2D eigenvalue weighted by molar-refractivity contribution is 0.102. The van der Waals surface area contributed by atoms with Gasteiger partial charge in [-0.15, -0.1) is 10.2 Å². The van der Waals surface area contributed by atoms with Crippen LogP contribution in [0.2, 0.25) is 0 Å². The average molecular weight is 354 g/mol. The Bertz CT molecular complexity index is 945. The summed E-state index contributed by atoms with van der Waals surface area (Å²) >= 11 is 1.29. The Hall–Kier alpha value is -2.61. The van der Waals surface area contributed by atoms with Crippen molar-refractivity contribution in [1.29, 1.82) is 0 Å². The molecule has 2 heterocycles. The number of nitrogen functional groups attached to an aromatic ring is 1. The second kappa shape index (κ2) is 6.36. The predicted molar refractivity (Wildman–Crippen MR) is 96.0 cm³/mol. The minimum Gasteiger partial charge on any atom is -0.335 e. The number of nitrogens with one attached hydrogen (secondary N) is 1. The Morgan fingerprint density at radius 3 is 3.00 bits per heavy atom. The first-order valence-corrected chi connectivity index (χ1v) is 9.12. The molecule has 2 aromatic heterocycles. The second-order valence-corrected chi connectivity index (χ2v) is 7.03. The van der Waals surface area contributed by atoms with Gasteiger partial charge in [-0.05, 0) is 31.7 Å². The SMILES string of the molecule is Cc1ccccc1C(=O)CSc1nnc(-c2n[nH]c3c2CCC3)n1N.